The van der Waals surface area contributed by atoms with E-state index in [2.05, 4.69) is 19.6 Å². The molecule has 13 heteroatoms. The van der Waals surface area contributed by atoms with Gasteiger partial charge in [0, 0.05) is 47.5 Å². The van der Waals surface area contributed by atoms with Crippen molar-refractivity contribution < 1.29 is 22.7 Å². The van der Waals surface area contributed by atoms with Crippen molar-refractivity contribution in [3.63, 3.8) is 0 Å². The van der Waals surface area contributed by atoms with Crippen molar-refractivity contribution in [3.8, 4) is 5.75 Å². The summed E-state index contributed by atoms with van der Waals surface area (Å²) < 4.78 is 34.3. The van der Waals surface area contributed by atoms with Crippen LogP contribution in [0.2, 0.25) is 5.02 Å². The van der Waals surface area contributed by atoms with Crippen molar-refractivity contribution in [3.05, 3.63) is 82.9 Å². The maximum absolute atomic E-state index is 14.0. The van der Waals surface area contributed by atoms with Crippen LogP contribution in [0.1, 0.15) is 52.1 Å². The summed E-state index contributed by atoms with van der Waals surface area (Å²) in [4.78, 5) is 38.9. The maximum Gasteiger partial charge on any atom is 0.262 e. The summed E-state index contributed by atoms with van der Waals surface area (Å²) in [5.74, 6) is 1.24. The minimum absolute atomic E-state index is 0.0287. The van der Waals surface area contributed by atoms with Crippen molar-refractivity contribution in [2.24, 2.45) is 5.92 Å². The Kier molecular flexibility index (Phi) is 9.10. The van der Waals surface area contributed by atoms with Crippen LogP contribution in [0.3, 0.4) is 0 Å². The second-order valence-electron chi connectivity index (χ2n) is 12.2. The van der Waals surface area contributed by atoms with E-state index in [1.54, 1.807) is 52.8 Å². The number of ether oxygens (including phenoxy) is 1. The summed E-state index contributed by atoms with van der Waals surface area (Å²) in [7, 11) is 0.373. The average Bonchev–Trinajstić information content (AvgIpc) is 3.62. The van der Waals surface area contributed by atoms with Crippen LogP contribution < -0.4 is 14.4 Å². The number of halogens is 1. The highest BCUT2D eigenvalue weighted by Crippen LogP contribution is 2.34. The van der Waals surface area contributed by atoms with E-state index in [0.29, 0.717) is 45.7 Å². The molecule has 0 atom stereocenters. The molecule has 1 aliphatic carbocycles. The second-order valence-corrected chi connectivity index (χ2v) is 14.5. The Balaban J connectivity index is 1.27. The first-order valence-corrected chi connectivity index (χ1v) is 17.7. The summed E-state index contributed by atoms with van der Waals surface area (Å²) in [5, 5.41) is 2.06. The fourth-order valence-electron chi connectivity index (χ4n) is 6.63. The molecule has 3 aromatic heterocycles. The number of anilines is 1. The average molecular weight is 677 g/mol. The number of hydrogen-bond acceptors (Lipinski definition) is 8. The van der Waals surface area contributed by atoms with Crippen LogP contribution in [0, 0.1) is 12.8 Å². The van der Waals surface area contributed by atoms with Crippen molar-refractivity contribution in [2.75, 3.05) is 31.9 Å². The number of carbonyl (C=O) groups excluding carboxylic acids is 2. The molecular formula is C34H37ClN6O5S. The van der Waals surface area contributed by atoms with Crippen molar-refractivity contribution in [1.82, 2.24) is 23.8 Å². The number of hydrogen-bond donors (Lipinski definition) is 1. The number of carbonyl (C=O) groups is 2. The lowest BCUT2D eigenvalue weighted by molar-refractivity contribution is 0.0915. The molecule has 1 N–H and O–H groups in total. The van der Waals surface area contributed by atoms with Gasteiger partial charge in [0.2, 0.25) is 15.9 Å². The SMILES string of the molecule is COc1ccc2c(c1)c(CC(=O)n1ccc3c(N(C)C4CCC(CNS(C)(=O)=O)CC4)ncnc31)c(C)n2C(=O)c1ccc(Cl)cc1. The van der Waals surface area contributed by atoms with E-state index in [1.807, 2.05) is 32.2 Å². The molecule has 0 amide bonds. The van der Waals surface area contributed by atoms with Crippen LogP contribution in [0.4, 0.5) is 5.82 Å². The normalized spacial score (nSPS) is 16.9. The molecule has 0 spiro atoms. The summed E-state index contributed by atoms with van der Waals surface area (Å²) >= 11 is 6.07. The Labute approximate surface area is 278 Å². The Morgan fingerprint density at radius 1 is 1.04 bits per heavy atom. The van der Waals surface area contributed by atoms with Gasteiger partial charge in [-0.25, -0.2) is 23.1 Å². The lowest BCUT2D eigenvalue weighted by Crippen LogP contribution is -2.38. The van der Waals surface area contributed by atoms with Crippen molar-refractivity contribution in [2.45, 2.75) is 45.1 Å². The maximum atomic E-state index is 14.0. The Morgan fingerprint density at radius 2 is 1.77 bits per heavy atom. The molecule has 3 heterocycles. The van der Waals surface area contributed by atoms with Gasteiger partial charge in [-0.15, -0.1) is 0 Å². The van der Waals surface area contributed by atoms with Crippen molar-refractivity contribution in [1.29, 1.82) is 0 Å². The van der Waals surface area contributed by atoms with E-state index in [9.17, 15) is 18.0 Å². The molecule has 47 heavy (non-hydrogen) atoms. The first-order chi connectivity index (χ1) is 22.4. The lowest BCUT2D eigenvalue weighted by Gasteiger charge is -2.35. The molecule has 0 bridgehead atoms. The Morgan fingerprint density at radius 3 is 2.45 bits per heavy atom. The summed E-state index contributed by atoms with van der Waals surface area (Å²) in [6.07, 6.45) is 8.03. The van der Waals surface area contributed by atoms with Crippen LogP contribution in [-0.4, -0.2) is 72.3 Å². The number of methoxy groups -OCH3 is 1. The molecule has 246 valence electrons. The van der Waals surface area contributed by atoms with Gasteiger partial charge in [-0.1, -0.05) is 11.6 Å². The van der Waals surface area contributed by atoms with Gasteiger partial charge in [-0.2, -0.15) is 0 Å². The standard InChI is InChI=1S/C34H37ClN6O5S/c1-21-28(29-17-26(46-3)13-14-30(29)41(21)34(43)23-7-9-24(35)10-8-23)18-31(42)40-16-15-27-32(36-20-37-33(27)40)39(2)25-11-5-22(6-12-25)19-38-47(4,44)45/h7-10,13-17,20,22,25,38H,5-6,11-12,18-19H2,1-4H3. The number of fused-ring (bicyclic) bond motifs is 2. The molecule has 0 unspecified atom stereocenters. The van der Waals surface area contributed by atoms with E-state index in [1.165, 1.54) is 12.6 Å². The highest BCUT2D eigenvalue weighted by molar-refractivity contribution is 7.88. The molecule has 2 aromatic carbocycles. The van der Waals surface area contributed by atoms with Crippen LogP contribution in [0.5, 0.6) is 5.75 Å². The third-order valence-corrected chi connectivity index (χ3v) is 10.2. The highest BCUT2D eigenvalue weighted by Gasteiger charge is 2.28. The fraction of sp³-hybridized carbons (Fsp3) is 0.353. The summed E-state index contributed by atoms with van der Waals surface area (Å²) in [6, 6.07) is 14.3. The molecule has 5 aromatic rings. The van der Waals surface area contributed by atoms with Gasteiger partial charge in [0.15, 0.2) is 5.65 Å². The predicted molar refractivity (Wildman–Crippen MR) is 183 cm³/mol. The number of nitrogens with one attached hydrogen (secondary N) is 1. The van der Waals surface area contributed by atoms with Crippen molar-refractivity contribution >= 4 is 61.2 Å². The van der Waals surface area contributed by atoms with Gasteiger partial charge < -0.3 is 9.64 Å². The first kappa shape index (κ1) is 32.7. The zero-order chi connectivity index (χ0) is 33.5. The number of rotatable bonds is 9. The van der Waals surface area contributed by atoms with Crippen LogP contribution in [0.25, 0.3) is 21.9 Å². The second kappa shape index (κ2) is 13.1. The summed E-state index contributed by atoms with van der Waals surface area (Å²) in [6.45, 7) is 2.30. The van der Waals surface area contributed by atoms with E-state index in [0.717, 1.165) is 47.8 Å². The minimum Gasteiger partial charge on any atom is -0.497 e. The van der Waals surface area contributed by atoms with Gasteiger partial charge >= 0.3 is 0 Å². The van der Waals surface area contributed by atoms with Gasteiger partial charge in [0.1, 0.15) is 17.9 Å². The predicted octanol–water partition coefficient (Wildman–Crippen LogP) is 5.47. The first-order valence-electron chi connectivity index (χ1n) is 15.5. The van der Waals surface area contributed by atoms with E-state index in [-0.39, 0.29) is 24.3 Å². The smallest absolute Gasteiger partial charge is 0.262 e. The van der Waals surface area contributed by atoms with Gasteiger partial charge in [-0.05, 0) is 92.6 Å². The zero-order valence-corrected chi connectivity index (χ0v) is 28.3. The van der Waals surface area contributed by atoms with Gasteiger partial charge in [0.05, 0.1) is 30.7 Å². The Bertz CT molecular complexity index is 2080. The van der Waals surface area contributed by atoms with Crippen LogP contribution in [-0.2, 0) is 16.4 Å². The Hall–Kier alpha value is -4.26. The quantitative estimate of drug-likeness (QED) is 0.218. The monoisotopic (exact) mass is 676 g/mol. The summed E-state index contributed by atoms with van der Waals surface area (Å²) in [5.41, 5.74) is 3.05. The van der Waals surface area contributed by atoms with E-state index < -0.39 is 10.0 Å². The largest absolute Gasteiger partial charge is 0.497 e. The number of aromatic nitrogens is 4. The molecule has 1 saturated carbocycles. The highest BCUT2D eigenvalue weighted by atomic mass is 35.5. The molecule has 11 nitrogen and oxygen atoms in total. The zero-order valence-electron chi connectivity index (χ0n) is 26.7. The van der Waals surface area contributed by atoms with Gasteiger partial charge in [-0.3, -0.25) is 18.7 Å². The number of sulfonamides is 1. The number of nitrogens with zero attached hydrogens (tertiary/aromatic N) is 5. The molecule has 0 radical (unpaired) electrons. The third-order valence-electron chi connectivity index (χ3n) is 9.23. The topological polar surface area (TPSA) is 128 Å². The number of benzene rings is 2. The lowest BCUT2D eigenvalue weighted by atomic mass is 9.85. The molecule has 1 fully saturated rings. The fourth-order valence-corrected chi connectivity index (χ4v) is 7.30. The third kappa shape index (κ3) is 6.63. The van der Waals surface area contributed by atoms with Crippen LogP contribution >= 0.6 is 11.6 Å². The molecule has 0 saturated heterocycles. The molecule has 1 aliphatic rings. The van der Waals surface area contributed by atoms with Gasteiger partial charge in [0.25, 0.3) is 5.91 Å². The molecule has 0 aliphatic heterocycles. The minimum atomic E-state index is -3.21. The molecule has 6 rings (SSSR count). The van der Waals surface area contributed by atoms with E-state index >= 15 is 0 Å². The molecular weight excluding hydrogens is 640 g/mol. The van der Waals surface area contributed by atoms with E-state index in [4.69, 9.17) is 16.3 Å². The van der Waals surface area contributed by atoms with Crippen LogP contribution in [0.15, 0.2) is 61.1 Å².